The molecule has 0 bridgehead atoms. The Bertz CT molecular complexity index is 595. The number of hydrogen-bond donors (Lipinski definition) is 1. The third-order valence-electron chi connectivity index (χ3n) is 4.97. The van der Waals surface area contributed by atoms with Crippen molar-refractivity contribution < 1.29 is 9.59 Å². The zero-order valence-electron chi connectivity index (χ0n) is 13.7. The first-order valence-electron chi connectivity index (χ1n) is 8.19. The Labute approximate surface area is 136 Å². The fraction of sp³-hybridized carbons (Fsp3) is 0.625. The Morgan fingerprint density at radius 2 is 1.91 bits per heavy atom. The minimum atomic E-state index is -0.777. The molecule has 2 saturated heterocycles. The summed E-state index contributed by atoms with van der Waals surface area (Å²) < 4.78 is 0. The molecule has 1 N–H and O–H groups in total. The average Bonchev–Trinajstić information content (AvgIpc) is 2.59. The maximum Gasteiger partial charge on any atom is 0.238 e. The summed E-state index contributed by atoms with van der Waals surface area (Å²) in [5.74, 6) is 0.346. The van der Waals surface area contributed by atoms with Gasteiger partial charge in [0, 0.05) is 32.6 Å². The van der Waals surface area contributed by atoms with Crippen molar-refractivity contribution in [2.45, 2.75) is 32.1 Å². The van der Waals surface area contributed by atoms with Crippen molar-refractivity contribution in [3.8, 4) is 0 Å². The number of piperidine rings is 1. The number of piperazine rings is 1. The number of aromatic nitrogens is 2. The normalized spacial score (nSPS) is 26.3. The summed E-state index contributed by atoms with van der Waals surface area (Å²) >= 11 is 0. The quantitative estimate of drug-likeness (QED) is 0.809. The number of nitrogens with zero attached hydrogens (tertiary/aromatic N) is 4. The van der Waals surface area contributed by atoms with Crippen molar-refractivity contribution >= 4 is 17.6 Å². The average molecular weight is 317 g/mol. The Morgan fingerprint density at radius 3 is 2.48 bits per heavy atom. The first kappa shape index (κ1) is 15.9. The van der Waals surface area contributed by atoms with Gasteiger partial charge < -0.3 is 9.80 Å². The molecule has 124 valence electrons. The van der Waals surface area contributed by atoms with Crippen LogP contribution in [0.5, 0.6) is 0 Å². The van der Waals surface area contributed by atoms with Crippen LogP contribution in [-0.4, -0.2) is 59.6 Å². The predicted octanol–water partition coefficient (Wildman–Crippen LogP) is 0.313. The lowest BCUT2D eigenvalue weighted by Crippen LogP contribution is -2.50. The summed E-state index contributed by atoms with van der Waals surface area (Å²) in [4.78, 5) is 28.1. The van der Waals surface area contributed by atoms with Crippen molar-refractivity contribution in [2.24, 2.45) is 0 Å². The molecule has 1 aromatic heterocycles. The van der Waals surface area contributed by atoms with Gasteiger partial charge in [-0.15, -0.1) is 5.10 Å². The molecule has 2 aliphatic heterocycles. The van der Waals surface area contributed by atoms with Crippen LogP contribution in [0.4, 0.5) is 5.82 Å². The SMILES string of the molecule is CCN1CCN(c2ccc([C@@]3(C)CCC(=O)NC3=O)nn2)CC1. The van der Waals surface area contributed by atoms with Gasteiger partial charge in [0.15, 0.2) is 5.82 Å². The predicted molar refractivity (Wildman–Crippen MR) is 86.1 cm³/mol. The molecule has 1 atom stereocenters. The van der Waals surface area contributed by atoms with Crippen molar-refractivity contribution in [1.29, 1.82) is 0 Å². The molecule has 3 heterocycles. The zero-order valence-corrected chi connectivity index (χ0v) is 13.7. The number of rotatable bonds is 3. The monoisotopic (exact) mass is 317 g/mol. The lowest BCUT2D eigenvalue weighted by Gasteiger charge is -2.35. The van der Waals surface area contributed by atoms with Gasteiger partial charge in [0.25, 0.3) is 0 Å². The molecule has 1 aromatic rings. The molecule has 0 spiro atoms. The van der Waals surface area contributed by atoms with E-state index in [1.165, 1.54) is 0 Å². The second-order valence-electron chi connectivity index (χ2n) is 6.41. The molecular weight excluding hydrogens is 294 g/mol. The zero-order chi connectivity index (χ0) is 16.4. The van der Waals surface area contributed by atoms with Gasteiger partial charge in [-0.2, -0.15) is 5.10 Å². The van der Waals surface area contributed by atoms with Gasteiger partial charge >= 0.3 is 0 Å². The number of nitrogens with one attached hydrogen (secondary N) is 1. The van der Waals surface area contributed by atoms with Crippen LogP contribution in [0.25, 0.3) is 0 Å². The van der Waals surface area contributed by atoms with Crippen LogP contribution >= 0.6 is 0 Å². The minimum Gasteiger partial charge on any atom is -0.353 e. The third-order valence-corrected chi connectivity index (χ3v) is 4.97. The Hall–Kier alpha value is -2.02. The van der Waals surface area contributed by atoms with Gasteiger partial charge in [0.1, 0.15) is 0 Å². The Balaban J connectivity index is 1.72. The molecule has 2 fully saturated rings. The van der Waals surface area contributed by atoms with Crippen LogP contribution in [0.15, 0.2) is 12.1 Å². The van der Waals surface area contributed by atoms with Gasteiger partial charge in [-0.25, -0.2) is 0 Å². The summed E-state index contributed by atoms with van der Waals surface area (Å²) in [6, 6.07) is 3.79. The largest absolute Gasteiger partial charge is 0.353 e. The maximum absolute atomic E-state index is 12.2. The van der Waals surface area contributed by atoms with E-state index in [1.54, 1.807) is 0 Å². The molecule has 23 heavy (non-hydrogen) atoms. The number of likely N-dealkylation sites (N-methyl/N-ethyl adjacent to an activating group) is 1. The molecule has 7 heteroatoms. The molecule has 2 amide bonds. The van der Waals surface area contributed by atoms with Gasteiger partial charge in [-0.05, 0) is 32.0 Å². The van der Waals surface area contributed by atoms with Crippen LogP contribution in [0.1, 0.15) is 32.4 Å². The van der Waals surface area contributed by atoms with E-state index in [1.807, 2.05) is 19.1 Å². The molecule has 0 radical (unpaired) electrons. The second kappa shape index (κ2) is 6.23. The van der Waals surface area contributed by atoms with Gasteiger partial charge in [0.05, 0.1) is 11.1 Å². The van der Waals surface area contributed by atoms with E-state index < -0.39 is 5.41 Å². The first-order chi connectivity index (χ1) is 11.0. The summed E-state index contributed by atoms with van der Waals surface area (Å²) in [6.07, 6.45) is 0.811. The highest BCUT2D eigenvalue weighted by Gasteiger charge is 2.41. The fourth-order valence-electron chi connectivity index (χ4n) is 3.13. The third kappa shape index (κ3) is 3.06. The minimum absolute atomic E-state index is 0.217. The van der Waals surface area contributed by atoms with E-state index in [0.717, 1.165) is 38.5 Å². The molecule has 2 aliphatic rings. The fourth-order valence-corrected chi connectivity index (χ4v) is 3.13. The number of imide groups is 1. The molecule has 3 rings (SSSR count). The van der Waals surface area contributed by atoms with Gasteiger partial charge in [-0.1, -0.05) is 6.92 Å². The van der Waals surface area contributed by atoms with E-state index in [2.05, 4.69) is 32.2 Å². The van der Waals surface area contributed by atoms with Crippen LogP contribution in [0, 0.1) is 0 Å². The molecule has 0 aromatic carbocycles. The first-order valence-corrected chi connectivity index (χ1v) is 8.19. The van der Waals surface area contributed by atoms with Gasteiger partial charge in [-0.3, -0.25) is 14.9 Å². The summed E-state index contributed by atoms with van der Waals surface area (Å²) in [5.41, 5.74) is -0.154. The van der Waals surface area contributed by atoms with E-state index in [0.29, 0.717) is 18.5 Å². The molecular formula is C16H23N5O2. The van der Waals surface area contributed by atoms with Crippen LogP contribution < -0.4 is 10.2 Å². The molecule has 0 saturated carbocycles. The molecule has 0 unspecified atom stereocenters. The number of carbonyl (C=O) groups is 2. The number of amides is 2. The van der Waals surface area contributed by atoms with Crippen molar-refractivity contribution in [3.63, 3.8) is 0 Å². The number of anilines is 1. The topological polar surface area (TPSA) is 78.4 Å². The van der Waals surface area contributed by atoms with E-state index in [4.69, 9.17) is 0 Å². The number of hydrogen-bond acceptors (Lipinski definition) is 6. The van der Waals surface area contributed by atoms with E-state index >= 15 is 0 Å². The standard InChI is InChI=1S/C16H23N5O2/c1-3-20-8-10-21(11-9-20)13-5-4-12(18-19-13)16(2)7-6-14(22)17-15(16)23/h4-5H,3,6-11H2,1-2H3,(H,17,22,23)/t16-/m1/s1. The van der Waals surface area contributed by atoms with Crippen molar-refractivity contribution in [1.82, 2.24) is 20.4 Å². The van der Waals surface area contributed by atoms with Gasteiger partial charge in [0.2, 0.25) is 11.8 Å². The highest BCUT2D eigenvalue weighted by atomic mass is 16.2. The number of carbonyl (C=O) groups excluding carboxylic acids is 2. The van der Waals surface area contributed by atoms with Crippen LogP contribution in [0.3, 0.4) is 0 Å². The van der Waals surface area contributed by atoms with Crippen LogP contribution in [0.2, 0.25) is 0 Å². The van der Waals surface area contributed by atoms with Crippen LogP contribution in [-0.2, 0) is 15.0 Å². The lowest BCUT2D eigenvalue weighted by molar-refractivity contribution is -0.137. The van der Waals surface area contributed by atoms with Crippen molar-refractivity contribution in [3.05, 3.63) is 17.8 Å². The van der Waals surface area contributed by atoms with E-state index in [-0.39, 0.29) is 11.8 Å². The summed E-state index contributed by atoms with van der Waals surface area (Å²) in [6.45, 7) is 9.00. The summed E-state index contributed by atoms with van der Waals surface area (Å²) in [7, 11) is 0. The molecule has 7 nitrogen and oxygen atoms in total. The van der Waals surface area contributed by atoms with E-state index in [9.17, 15) is 9.59 Å². The lowest BCUT2D eigenvalue weighted by atomic mass is 9.78. The Morgan fingerprint density at radius 1 is 1.17 bits per heavy atom. The van der Waals surface area contributed by atoms with Crippen molar-refractivity contribution in [2.75, 3.05) is 37.6 Å². The molecule has 0 aliphatic carbocycles. The highest BCUT2D eigenvalue weighted by molar-refractivity contribution is 6.02. The smallest absolute Gasteiger partial charge is 0.238 e. The maximum atomic E-state index is 12.2. The Kier molecular flexibility index (Phi) is 4.30. The second-order valence-corrected chi connectivity index (χ2v) is 6.41. The highest BCUT2D eigenvalue weighted by Crippen LogP contribution is 2.30. The summed E-state index contributed by atoms with van der Waals surface area (Å²) in [5, 5.41) is 11.0.